The van der Waals surface area contributed by atoms with Gasteiger partial charge in [-0.3, -0.25) is 0 Å². The van der Waals surface area contributed by atoms with Crippen molar-refractivity contribution >= 4 is 0 Å². The van der Waals surface area contributed by atoms with Gasteiger partial charge < -0.3 is 10.4 Å². The second-order valence-corrected chi connectivity index (χ2v) is 7.01. The first-order chi connectivity index (χ1) is 8.95. The summed E-state index contributed by atoms with van der Waals surface area (Å²) in [6.45, 7) is 8.64. The summed E-state index contributed by atoms with van der Waals surface area (Å²) in [5, 5.41) is 15.0. The molecule has 2 heteroatoms. The van der Waals surface area contributed by atoms with Crippen LogP contribution >= 0.6 is 0 Å². The maximum atomic E-state index is 11.6. The van der Waals surface area contributed by atoms with Crippen LogP contribution < -0.4 is 5.32 Å². The molecule has 0 aromatic heterocycles. The van der Waals surface area contributed by atoms with Gasteiger partial charge in [0, 0.05) is 5.41 Å². The molecule has 1 fully saturated rings. The Bertz CT molecular complexity index is 488. The predicted octanol–water partition coefficient (Wildman–Crippen LogP) is 2.76. The van der Waals surface area contributed by atoms with E-state index in [2.05, 4.69) is 44.3 Å². The summed E-state index contributed by atoms with van der Waals surface area (Å²) in [7, 11) is 0. The number of hydrogen-bond acceptors (Lipinski definition) is 2. The molecule has 3 rings (SSSR count). The van der Waals surface area contributed by atoms with Gasteiger partial charge in [0.2, 0.25) is 0 Å². The number of benzene rings is 1. The Morgan fingerprint density at radius 2 is 1.89 bits per heavy atom. The van der Waals surface area contributed by atoms with Crippen LogP contribution in [-0.4, -0.2) is 18.2 Å². The van der Waals surface area contributed by atoms with E-state index in [9.17, 15) is 5.11 Å². The number of aliphatic hydroxyl groups is 1. The Hall–Kier alpha value is -0.860. The van der Waals surface area contributed by atoms with E-state index in [1.54, 1.807) is 0 Å². The highest BCUT2D eigenvalue weighted by Crippen LogP contribution is 2.55. The summed E-state index contributed by atoms with van der Waals surface area (Å²) in [5.74, 6) is 0.381. The number of piperidine rings is 1. The Morgan fingerprint density at radius 3 is 2.58 bits per heavy atom. The molecule has 0 spiro atoms. The van der Waals surface area contributed by atoms with E-state index < -0.39 is 5.60 Å². The Balaban J connectivity index is 2.09. The lowest BCUT2D eigenvalue weighted by Crippen LogP contribution is -2.48. The number of aryl methyl sites for hydroxylation is 1. The molecular formula is C17H25NO. The van der Waals surface area contributed by atoms with Gasteiger partial charge in [0.25, 0.3) is 0 Å². The molecule has 1 aliphatic carbocycles. The number of rotatable bonds is 1. The standard InChI is InChI=1S/C17H25NO/c1-12-4-5-13-11-16(2,3)17(19,15(13)10-12)14-6-8-18-9-7-14/h4-5,10,14,18-19H,6-9,11H2,1-3H3. The Labute approximate surface area is 116 Å². The van der Waals surface area contributed by atoms with Gasteiger partial charge in [-0.05, 0) is 56.3 Å². The highest BCUT2D eigenvalue weighted by Gasteiger charge is 2.55. The summed E-state index contributed by atoms with van der Waals surface area (Å²) in [5.41, 5.74) is 3.08. The summed E-state index contributed by atoms with van der Waals surface area (Å²) in [4.78, 5) is 0. The van der Waals surface area contributed by atoms with E-state index >= 15 is 0 Å². The van der Waals surface area contributed by atoms with E-state index in [4.69, 9.17) is 0 Å². The van der Waals surface area contributed by atoms with Crippen LogP contribution in [0.4, 0.5) is 0 Å². The summed E-state index contributed by atoms with van der Waals surface area (Å²) in [6, 6.07) is 6.60. The van der Waals surface area contributed by atoms with E-state index in [1.165, 1.54) is 16.7 Å². The van der Waals surface area contributed by atoms with Crippen LogP contribution in [0.3, 0.4) is 0 Å². The Morgan fingerprint density at radius 1 is 1.21 bits per heavy atom. The van der Waals surface area contributed by atoms with Gasteiger partial charge in [0.05, 0.1) is 5.60 Å². The minimum atomic E-state index is -0.656. The third kappa shape index (κ3) is 1.85. The number of nitrogens with one attached hydrogen (secondary N) is 1. The van der Waals surface area contributed by atoms with Crippen molar-refractivity contribution in [2.45, 2.75) is 45.6 Å². The smallest absolute Gasteiger partial charge is 0.0981 e. The van der Waals surface area contributed by atoms with Crippen molar-refractivity contribution in [3.8, 4) is 0 Å². The molecule has 1 aromatic carbocycles. The van der Waals surface area contributed by atoms with Crippen LogP contribution in [0.5, 0.6) is 0 Å². The number of fused-ring (bicyclic) bond motifs is 1. The van der Waals surface area contributed by atoms with Crippen molar-refractivity contribution in [3.05, 3.63) is 34.9 Å². The third-order valence-corrected chi connectivity index (χ3v) is 5.27. The van der Waals surface area contributed by atoms with Gasteiger partial charge in [-0.1, -0.05) is 37.6 Å². The first kappa shape index (κ1) is 13.1. The van der Waals surface area contributed by atoms with E-state index in [0.29, 0.717) is 5.92 Å². The summed E-state index contributed by atoms with van der Waals surface area (Å²) < 4.78 is 0. The van der Waals surface area contributed by atoms with Gasteiger partial charge in [0.15, 0.2) is 0 Å². The molecule has 104 valence electrons. The first-order valence-corrected chi connectivity index (χ1v) is 7.48. The molecule has 0 saturated carbocycles. The zero-order chi connectivity index (χ0) is 13.7. The van der Waals surface area contributed by atoms with E-state index in [0.717, 1.165) is 32.4 Å². The normalized spacial score (nSPS) is 30.3. The van der Waals surface area contributed by atoms with E-state index in [1.807, 2.05) is 0 Å². The van der Waals surface area contributed by atoms with Crippen LogP contribution in [0, 0.1) is 18.3 Å². The number of hydrogen-bond donors (Lipinski definition) is 2. The monoisotopic (exact) mass is 259 g/mol. The average Bonchev–Trinajstić information content (AvgIpc) is 2.60. The van der Waals surface area contributed by atoms with Crippen LogP contribution in [0.15, 0.2) is 18.2 Å². The molecule has 2 aliphatic rings. The van der Waals surface area contributed by atoms with Crippen molar-refractivity contribution in [3.63, 3.8) is 0 Å². The lowest BCUT2D eigenvalue weighted by Gasteiger charge is -2.45. The van der Waals surface area contributed by atoms with Gasteiger partial charge in [0.1, 0.15) is 0 Å². The fourth-order valence-electron chi connectivity index (χ4n) is 4.19. The molecule has 1 heterocycles. The molecule has 0 amide bonds. The van der Waals surface area contributed by atoms with Gasteiger partial charge in [-0.25, -0.2) is 0 Å². The molecule has 1 aliphatic heterocycles. The van der Waals surface area contributed by atoms with Crippen molar-refractivity contribution < 1.29 is 5.11 Å². The highest BCUT2D eigenvalue weighted by molar-refractivity contribution is 5.43. The topological polar surface area (TPSA) is 32.3 Å². The van der Waals surface area contributed by atoms with Crippen molar-refractivity contribution in [1.82, 2.24) is 5.32 Å². The molecule has 1 aromatic rings. The average molecular weight is 259 g/mol. The molecule has 0 radical (unpaired) electrons. The molecule has 2 N–H and O–H groups in total. The molecule has 1 saturated heterocycles. The predicted molar refractivity (Wildman–Crippen MR) is 78.2 cm³/mol. The third-order valence-electron chi connectivity index (χ3n) is 5.27. The molecule has 0 bridgehead atoms. The quantitative estimate of drug-likeness (QED) is 0.813. The lowest BCUT2D eigenvalue weighted by atomic mass is 9.65. The van der Waals surface area contributed by atoms with Crippen molar-refractivity contribution in [2.24, 2.45) is 11.3 Å². The van der Waals surface area contributed by atoms with Crippen LogP contribution in [0.25, 0.3) is 0 Å². The van der Waals surface area contributed by atoms with Crippen LogP contribution in [0.1, 0.15) is 43.4 Å². The zero-order valence-corrected chi connectivity index (χ0v) is 12.3. The maximum absolute atomic E-state index is 11.6. The minimum Gasteiger partial charge on any atom is -0.384 e. The van der Waals surface area contributed by atoms with Crippen LogP contribution in [-0.2, 0) is 12.0 Å². The second kappa shape index (κ2) is 4.32. The lowest BCUT2D eigenvalue weighted by molar-refractivity contribution is -0.115. The van der Waals surface area contributed by atoms with Crippen molar-refractivity contribution in [2.75, 3.05) is 13.1 Å². The Kier molecular flexibility index (Phi) is 2.99. The van der Waals surface area contributed by atoms with Crippen molar-refractivity contribution in [1.29, 1.82) is 0 Å². The zero-order valence-electron chi connectivity index (χ0n) is 12.3. The second-order valence-electron chi connectivity index (χ2n) is 7.01. The van der Waals surface area contributed by atoms with Crippen LogP contribution in [0.2, 0.25) is 0 Å². The summed E-state index contributed by atoms with van der Waals surface area (Å²) >= 11 is 0. The first-order valence-electron chi connectivity index (χ1n) is 7.48. The molecular weight excluding hydrogens is 234 g/mol. The van der Waals surface area contributed by atoms with Gasteiger partial charge in [-0.15, -0.1) is 0 Å². The SMILES string of the molecule is Cc1ccc2c(c1)C(O)(C1CCNCC1)C(C)(C)C2. The highest BCUT2D eigenvalue weighted by atomic mass is 16.3. The molecule has 19 heavy (non-hydrogen) atoms. The van der Waals surface area contributed by atoms with E-state index in [-0.39, 0.29) is 5.41 Å². The maximum Gasteiger partial charge on any atom is 0.0981 e. The molecule has 1 atom stereocenters. The fourth-order valence-corrected chi connectivity index (χ4v) is 4.19. The molecule has 1 unspecified atom stereocenters. The minimum absolute atomic E-state index is 0.0644. The summed E-state index contributed by atoms with van der Waals surface area (Å²) in [6.07, 6.45) is 3.14. The molecule has 2 nitrogen and oxygen atoms in total. The van der Waals surface area contributed by atoms with Gasteiger partial charge in [-0.2, -0.15) is 0 Å². The largest absolute Gasteiger partial charge is 0.384 e. The fraction of sp³-hybridized carbons (Fsp3) is 0.647. The van der Waals surface area contributed by atoms with Gasteiger partial charge >= 0.3 is 0 Å².